The minimum Gasteiger partial charge on any atom is -0.354 e. The Morgan fingerprint density at radius 2 is 1.89 bits per heavy atom. The molecule has 0 aromatic heterocycles. The first-order valence-corrected chi connectivity index (χ1v) is 7.00. The molecule has 1 aromatic carbocycles. The quantitative estimate of drug-likeness (QED) is 0.827. The number of benzene rings is 1. The van der Waals surface area contributed by atoms with Crippen LogP contribution in [0.4, 0.5) is 0 Å². The van der Waals surface area contributed by atoms with E-state index in [-0.39, 0.29) is 5.91 Å². The molecular weight excluding hydrogens is 236 g/mol. The van der Waals surface area contributed by atoms with E-state index in [1.54, 1.807) is 6.92 Å². The second-order valence-electron chi connectivity index (χ2n) is 5.54. The lowest BCUT2D eigenvalue weighted by Crippen LogP contribution is -2.51. The van der Waals surface area contributed by atoms with Crippen LogP contribution in [0.1, 0.15) is 43.4 Å². The van der Waals surface area contributed by atoms with Crippen molar-refractivity contribution in [3.63, 3.8) is 0 Å². The van der Waals surface area contributed by atoms with Crippen molar-refractivity contribution in [3.8, 4) is 0 Å². The lowest BCUT2D eigenvalue weighted by molar-refractivity contribution is -0.126. The summed E-state index contributed by atoms with van der Waals surface area (Å²) >= 11 is 0. The molecule has 0 aliphatic rings. The zero-order chi connectivity index (χ0) is 14.5. The Hall–Kier alpha value is -1.35. The SMILES string of the molecule is CCCC(C)(N)C(=O)NCCc1c(C)cccc1C. The van der Waals surface area contributed by atoms with Crippen LogP contribution < -0.4 is 11.1 Å². The average molecular weight is 262 g/mol. The van der Waals surface area contributed by atoms with Gasteiger partial charge in [0.25, 0.3) is 0 Å². The molecule has 0 aliphatic carbocycles. The van der Waals surface area contributed by atoms with Crippen LogP contribution in [0.3, 0.4) is 0 Å². The number of aryl methyl sites for hydroxylation is 2. The van der Waals surface area contributed by atoms with E-state index in [1.807, 2.05) is 6.92 Å². The molecule has 1 rings (SSSR count). The van der Waals surface area contributed by atoms with E-state index in [0.717, 1.165) is 12.8 Å². The van der Waals surface area contributed by atoms with Crippen LogP contribution in [0.2, 0.25) is 0 Å². The van der Waals surface area contributed by atoms with Crippen LogP contribution in [0, 0.1) is 13.8 Å². The van der Waals surface area contributed by atoms with E-state index in [4.69, 9.17) is 5.73 Å². The molecule has 1 aromatic rings. The summed E-state index contributed by atoms with van der Waals surface area (Å²) in [6, 6.07) is 6.27. The van der Waals surface area contributed by atoms with Gasteiger partial charge in [0.1, 0.15) is 0 Å². The van der Waals surface area contributed by atoms with Gasteiger partial charge in [-0.15, -0.1) is 0 Å². The fourth-order valence-corrected chi connectivity index (χ4v) is 2.38. The molecule has 1 unspecified atom stereocenters. The minimum absolute atomic E-state index is 0.0550. The summed E-state index contributed by atoms with van der Waals surface area (Å²) in [6.07, 6.45) is 2.48. The molecule has 0 fully saturated rings. The maximum atomic E-state index is 12.0. The van der Waals surface area contributed by atoms with Gasteiger partial charge in [-0.25, -0.2) is 0 Å². The molecule has 0 bridgehead atoms. The average Bonchev–Trinajstić information content (AvgIpc) is 2.32. The summed E-state index contributed by atoms with van der Waals surface area (Å²) in [4.78, 5) is 12.0. The topological polar surface area (TPSA) is 55.1 Å². The number of amides is 1. The number of carbonyl (C=O) groups is 1. The smallest absolute Gasteiger partial charge is 0.239 e. The molecule has 0 saturated heterocycles. The number of hydrogen-bond acceptors (Lipinski definition) is 2. The Balaban J connectivity index is 2.53. The van der Waals surface area contributed by atoms with E-state index >= 15 is 0 Å². The largest absolute Gasteiger partial charge is 0.354 e. The number of rotatable bonds is 6. The summed E-state index contributed by atoms with van der Waals surface area (Å²) < 4.78 is 0. The normalized spacial score (nSPS) is 13.9. The third-order valence-electron chi connectivity index (χ3n) is 3.59. The van der Waals surface area contributed by atoms with Crippen LogP contribution in [-0.4, -0.2) is 18.0 Å². The predicted octanol–water partition coefficient (Wildman–Crippen LogP) is 2.48. The Kier molecular flexibility index (Phi) is 5.55. The summed E-state index contributed by atoms with van der Waals surface area (Å²) in [5.41, 5.74) is 9.11. The van der Waals surface area contributed by atoms with E-state index in [0.29, 0.717) is 13.0 Å². The van der Waals surface area contributed by atoms with E-state index in [2.05, 4.69) is 37.4 Å². The number of nitrogens with one attached hydrogen (secondary N) is 1. The Morgan fingerprint density at radius 3 is 2.42 bits per heavy atom. The van der Waals surface area contributed by atoms with Crippen molar-refractivity contribution in [2.75, 3.05) is 6.54 Å². The number of hydrogen-bond donors (Lipinski definition) is 2. The van der Waals surface area contributed by atoms with Crippen molar-refractivity contribution in [2.45, 2.75) is 52.5 Å². The van der Waals surface area contributed by atoms with Crippen LogP contribution in [0.15, 0.2) is 18.2 Å². The van der Waals surface area contributed by atoms with Gasteiger partial charge in [0.05, 0.1) is 5.54 Å². The molecule has 0 aliphatic heterocycles. The van der Waals surface area contributed by atoms with Gasteiger partial charge in [0.2, 0.25) is 5.91 Å². The molecule has 0 heterocycles. The summed E-state index contributed by atoms with van der Waals surface area (Å²) in [6.45, 7) is 8.68. The zero-order valence-electron chi connectivity index (χ0n) is 12.5. The van der Waals surface area contributed by atoms with Crippen LogP contribution >= 0.6 is 0 Å². The Morgan fingerprint density at radius 1 is 1.32 bits per heavy atom. The van der Waals surface area contributed by atoms with Gasteiger partial charge in [-0.1, -0.05) is 31.5 Å². The van der Waals surface area contributed by atoms with Crippen molar-refractivity contribution in [1.82, 2.24) is 5.32 Å². The van der Waals surface area contributed by atoms with Crippen LogP contribution in [0.25, 0.3) is 0 Å². The maximum absolute atomic E-state index is 12.0. The highest BCUT2D eigenvalue weighted by atomic mass is 16.2. The van der Waals surface area contributed by atoms with Gasteiger partial charge < -0.3 is 11.1 Å². The second-order valence-corrected chi connectivity index (χ2v) is 5.54. The first-order chi connectivity index (χ1) is 8.88. The van der Waals surface area contributed by atoms with Crippen molar-refractivity contribution in [1.29, 1.82) is 0 Å². The molecule has 0 spiro atoms. The van der Waals surface area contributed by atoms with E-state index < -0.39 is 5.54 Å². The summed E-state index contributed by atoms with van der Waals surface area (Å²) in [5, 5.41) is 2.95. The number of nitrogens with two attached hydrogens (primary N) is 1. The molecule has 1 amide bonds. The fourth-order valence-electron chi connectivity index (χ4n) is 2.38. The zero-order valence-corrected chi connectivity index (χ0v) is 12.5. The third-order valence-corrected chi connectivity index (χ3v) is 3.59. The van der Waals surface area contributed by atoms with Gasteiger partial charge in [-0.3, -0.25) is 4.79 Å². The molecule has 19 heavy (non-hydrogen) atoms. The van der Waals surface area contributed by atoms with Crippen LogP contribution in [-0.2, 0) is 11.2 Å². The van der Waals surface area contributed by atoms with Crippen molar-refractivity contribution >= 4 is 5.91 Å². The highest BCUT2D eigenvalue weighted by Gasteiger charge is 2.26. The standard InChI is InChI=1S/C16H26N2O/c1-5-10-16(4,17)15(19)18-11-9-14-12(2)7-6-8-13(14)3/h6-8H,5,9-11,17H2,1-4H3,(H,18,19). The lowest BCUT2D eigenvalue weighted by Gasteiger charge is -2.23. The molecule has 106 valence electrons. The molecular formula is C16H26N2O. The van der Waals surface area contributed by atoms with Gasteiger partial charge in [0, 0.05) is 6.54 Å². The van der Waals surface area contributed by atoms with E-state index in [9.17, 15) is 4.79 Å². The van der Waals surface area contributed by atoms with Crippen molar-refractivity contribution < 1.29 is 4.79 Å². The maximum Gasteiger partial charge on any atom is 0.239 e. The lowest BCUT2D eigenvalue weighted by atomic mass is 9.96. The summed E-state index contributed by atoms with van der Waals surface area (Å²) in [7, 11) is 0. The predicted molar refractivity (Wildman–Crippen MR) is 80.1 cm³/mol. The van der Waals surface area contributed by atoms with Crippen molar-refractivity contribution in [3.05, 3.63) is 34.9 Å². The molecule has 3 N–H and O–H groups in total. The molecule has 1 atom stereocenters. The third kappa shape index (κ3) is 4.35. The highest BCUT2D eigenvalue weighted by molar-refractivity contribution is 5.85. The Labute approximate surface area is 116 Å². The molecule has 0 saturated carbocycles. The second kappa shape index (κ2) is 6.71. The fraction of sp³-hybridized carbons (Fsp3) is 0.562. The summed E-state index contributed by atoms with van der Waals surface area (Å²) in [5.74, 6) is -0.0550. The van der Waals surface area contributed by atoms with Gasteiger partial charge in [0.15, 0.2) is 0 Å². The Bertz CT molecular complexity index is 418. The van der Waals surface area contributed by atoms with Gasteiger partial charge in [-0.2, -0.15) is 0 Å². The first-order valence-electron chi connectivity index (χ1n) is 7.00. The monoisotopic (exact) mass is 262 g/mol. The van der Waals surface area contributed by atoms with Crippen molar-refractivity contribution in [2.24, 2.45) is 5.73 Å². The van der Waals surface area contributed by atoms with E-state index in [1.165, 1.54) is 16.7 Å². The first kappa shape index (κ1) is 15.7. The molecule has 3 heteroatoms. The van der Waals surface area contributed by atoms with Gasteiger partial charge >= 0.3 is 0 Å². The molecule has 3 nitrogen and oxygen atoms in total. The minimum atomic E-state index is -0.754. The number of carbonyl (C=O) groups excluding carboxylic acids is 1. The van der Waals surface area contributed by atoms with Gasteiger partial charge in [-0.05, 0) is 50.3 Å². The highest BCUT2D eigenvalue weighted by Crippen LogP contribution is 2.14. The molecule has 0 radical (unpaired) electrons. The van der Waals surface area contributed by atoms with Crippen LogP contribution in [0.5, 0.6) is 0 Å².